The normalized spacial score (nSPS) is 25.3. The molecule has 2 atom stereocenters. The lowest BCUT2D eigenvalue weighted by Crippen LogP contribution is -2.27. The summed E-state index contributed by atoms with van der Waals surface area (Å²) >= 11 is 6.71. The van der Waals surface area contributed by atoms with Gasteiger partial charge in [0.25, 0.3) is 0 Å². The average Bonchev–Trinajstić information content (AvgIpc) is 2.88. The van der Waals surface area contributed by atoms with Gasteiger partial charge in [-0.25, -0.2) is 0 Å². The first-order chi connectivity index (χ1) is 12.2. The molecular formula is C21H25ClO4. The highest BCUT2D eigenvalue weighted by Gasteiger charge is 2.39. The van der Waals surface area contributed by atoms with Gasteiger partial charge in [0, 0.05) is 36.7 Å². The number of aliphatic hydroxyl groups excluding tert-OH is 1. The van der Waals surface area contributed by atoms with E-state index in [1.54, 1.807) is 6.92 Å². The topological polar surface area (TPSA) is 63.6 Å². The van der Waals surface area contributed by atoms with Gasteiger partial charge in [-0.2, -0.15) is 0 Å². The van der Waals surface area contributed by atoms with Crippen molar-refractivity contribution in [2.45, 2.75) is 71.8 Å². The molecule has 0 spiro atoms. The molecule has 3 rings (SSSR count). The minimum absolute atomic E-state index is 0.0334. The van der Waals surface area contributed by atoms with Crippen LogP contribution in [0.2, 0.25) is 5.02 Å². The van der Waals surface area contributed by atoms with Crippen molar-refractivity contribution in [3.05, 3.63) is 38.6 Å². The van der Waals surface area contributed by atoms with Crippen molar-refractivity contribution >= 4 is 23.2 Å². The van der Waals surface area contributed by atoms with Crippen molar-refractivity contribution < 1.29 is 19.4 Å². The molecule has 0 bridgehead atoms. The van der Waals surface area contributed by atoms with Crippen LogP contribution in [-0.2, 0) is 9.59 Å². The van der Waals surface area contributed by atoms with E-state index in [9.17, 15) is 14.7 Å². The van der Waals surface area contributed by atoms with E-state index in [0.717, 1.165) is 22.3 Å². The number of benzene rings is 1. The molecule has 0 amide bonds. The van der Waals surface area contributed by atoms with Gasteiger partial charge in [0.05, 0.1) is 10.6 Å². The van der Waals surface area contributed by atoms with E-state index in [0.29, 0.717) is 10.8 Å². The fourth-order valence-electron chi connectivity index (χ4n) is 4.23. The van der Waals surface area contributed by atoms with Crippen LogP contribution >= 0.6 is 11.6 Å². The maximum Gasteiger partial charge on any atom is 0.170 e. The van der Waals surface area contributed by atoms with Gasteiger partial charge >= 0.3 is 0 Å². The van der Waals surface area contributed by atoms with Gasteiger partial charge in [-0.3, -0.25) is 9.59 Å². The zero-order chi connectivity index (χ0) is 19.3. The minimum Gasteiger partial charge on any atom is -0.511 e. The third kappa shape index (κ3) is 2.75. The number of halogens is 1. The van der Waals surface area contributed by atoms with E-state index in [-0.39, 0.29) is 60.1 Å². The summed E-state index contributed by atoms with van der Waals surface area (Å²) in [6.07, 6.45) is 0.671. The number of carbonyl (C=O) groups excluding carboxylic acids is 2. The third-order valence-corrected chi connectivity index (χ3v) is 6.34. The molecule has 1 aromatic rings. The fraction of sp³-hybridized carbons (Fsp3) is 0.524. The molecule has 1 fully saturated rings. The van der Waals surface area contributed by atoms with Crippen LogP contribution in [0, 0.1) is 13.8 Å². The predicted octanol–water partition coefficient (Wildman–Crippen LogP) is 5.08. The Morgan fingerprint density at radius 3 is 2.19 bits per heavy atom. The molecule has 1 aliphatic carbocycles. The van der Waals surface area contributed by atoms with Crippen LogP contribution < -0.4 is 4.74 Å². The number of hydrogen-bond acceptors (Lipinski definition) is 4. The summed E-state index contributed by atoms with van der Waals surface area (Å²) < 4.78 is 6.00. The number of allylic oxidation sites excluding steroid dienone is 2. The number of ketones is 2. The van der Waals surface area contributed by atoms with Crippen molar-refractivity contribution in [2.24, 2.45) is 0 Å². The summed E-state index contributed by atoms with van der Waals surface area (Å²) in [5.41, 5.74) is 4.07. The Bertz CT molecular complexity index is 817. The molecule has 0 radical (unpaired) electrons. The maximum atomic E-state index is 12.5. The van der Waals surface area contributed by atoms with E-state index in [2.05, 4.69) is 6.92 Å². The predicted molar refractivity (Wildman–Crippen MR) is 101 cm³/mol. The molecular weight excluding hydrogens is 352 g/mol. The van der Waals surface area contributed by atoms with Crippen LogP contribution in [0.5, 0.6) is 5.75 Å². The van der Waals surface area contributed by atoms with E-state index in [1.165, 1.54) is 0 Å². The molecule has 1 heterocycles. The SMILES string of the molecule is CCC(O)=C1C(=O)CC(c2c(C)c(C)c3c(c2Cl)OC(C)C3C)CC1=O. The Balaban J connectivity index is 2.08. The molecule has 1 aromatic carbocycles. The highest BCUT2D eigenvalue weighted by atomic mass is 35.5. The second-order valence-corrected chi connectivity index (χ2v) is 7.84. The van der Waals surface area contributed by atoms with Crippen molar-refractivity contribution in [1.82, 2.24) is 0 Å². The van der Waals surface area contributed by atoms with Gasteiger partial charge in [0.15, 0.2) is 11.6 Å². The second kappa shape index (κ2) is 6.73. The third-order valence-electron chi connectivity index (χ3n) is 5.97. The highest BCUT2D eigenvalue weighted by molar-refractivity contribution is 6.33. The van der Waals surface area contributed by atoms with Gasteiger partial charge in [-0.05, 0) is 37.5 Å². The monoisotopic (exact) mass is 376 g/mol. The van der Waals surface area contributed by atoms with Crippen LogP contribution in [0.1, 0.15) is 74.1 Å². The molecule has 5 heteroatoms. The number of aliphatic hydroxyl groups is 1. The van der Waals surface area contributed by atoms with Crippen molar-refractivity contribution in [2.75, 3.05) is 0 Å². The number of hydrogen-bond donors (Lipinski definition) is 1. The molecule has 1 N–H and O–H groups in total. The molecule has 4 nitrogen and oxygen atoms in total. The molecule has 2 unspecified atom stereocenters. The lowest BCUT2D eigenvalue weighted by atomic mass is 9.76. The number of carbonyl (C=O) groups is 2. The first-order valence-corrected chi connectivity index (χ1v) is 9.54. The first-order valence-electron chi connectivity index (χ1n) is 9.16. The fourth-order valence-corrected chi connectivity index (χ4v) is 4.68. The molecule has 2 aliphatic rings. The summed E-state index contributed by atoms with van der Waals surface area (Å²) in [6.45, 7) is 9.91. The van der Waals surface area contributed by atoms with Crippen LogP contribution in [0.3, 0.4) is 0 Å². The number of ether oxygens (including phenoxy) is 1. The summed E-state index contributed by atoms with van der Waals surface area (Å²) in [7, 11) is 0. The van der Waals surface area contributed by atoms with Gasteiger partial charge in [0.1, 0.15) is 17.6 Å². The smallest absolute Gasteiger partial charge is 0.170 e. The summed E-state index contributed by atoms with van der Waals surface area (Å²) in [4.78, 5) is 25.0. The number of rotatable bonds is 2. The molecule has 1 saturated carbocycles. The summed E-state index contributed by atoms with van der Waals surface area (Å²) in [5, 5.41) is 10.4. The standard InChI is InChI=1S/C21H25ClO4/c1-6-14(23)19-15(24)7-13(8-16(19)25)18-10(3)9(2)17-11(4)12(5)26-21(17)20(18)22/h11-13,23H,6-8H2,1-5H3. The van der Waals surface area contributed by atoms with Crippen molar-refractivity contribution in [3.8, 4) is 5.75 Å². The molecule has 0 saturated heterocycles. The van der Waals surface area contributed by atoms with Crippen molar-refractivity contribution in [3.63, 3.8) is 0 Å². The first kappa shape index (κ1) is 19.0. The number of fused-ring (bicyclic) bond motifs is 1. The average molecular weight is 377 g/mol. The van der Waals surface area contributed by atoms with Crippen LogP contribution in [0.4, 0.5) is 0 Å². The van der Waals surface area contributed by atoms with Gasteiger partial charge in [-0.15, -0.1) is 0 Å². The maximum absolute atomic E-state index is 12.5. The second-order valence-electron chi connectivity index (χ2n) is 7.46. The minimum atomic E-state index is -0.304. The molecule has 0 aromatic heterocycles. The van der Waals surface area contributed by atoms with Crippen LogP contribution in [0.25, 0.3) is 0 Å². The Morgan fingerprint density at radius 1 is 1.12 bits per heavy atom. The molecule has 26 heavy (non-hydrogen) atoms. The van der Waals surface area contributed by atoms with Crippen LogP contribution in [-0.4, -0.2) is 22.8 Å². The highest BCUT2D eigenvalue weighted by Crippen LogP contribution is 2.50. The molecule has 140 valence electrons. The Labute approximate surface area is 159 Å². The van der Waals surface area contributed by atoms with E-state index >= 15 is 0 Å². The number of Topliss-reactive ketones (excluding diaryl/α,β-unsaturated/α-hetero) is 2. The van der Waals surface area contributed by atoms with Crippen LogP contribution in [0.15, 0.2) is 11.3 Å². The van der Waals surface area contributed by atoms with E-state index in [1.807, 2.05) is 20.8 Å². The van der Waals surface area contributed by atoms with Crippen molar-refractivity contribution in [1.29, 1.82) is 0 Å². The summed E-state index contributed by atoms with van der Waals surface area (Å²) in [6, 6.07) is 0. The summed E-state index contributed by atoms with van der Waals surface area (Å²) in [5.74, 6) is -0.0563. The quantitative estimate of drug-likeness (QED) is 0.444. The van der Waals surface area contributed by atoms with E-state index < -0.39 is 0 Å². The largest absolute Gasteiger partial charge is 0.511 e. The van der Waals surface area contributed by atoms with Gasteiger partial charge in [-0.1, -0.05) is 25.4 Å². The lowest BCUT2D eigenvalue weighted by Gasteiger charge is -2.27. The Morgan fingerprint density at radius 2 is 1.65 bits per heavy atom. The van der Waals surface area contributed by atoms with E-state index in [4.69, 9.17) is 16.3 Å². The van der Waals surface area contributed by atoms with Gasteiger partial charge in [0.2, 0.25) is 0 Å². The molecule has 1 aliphatic heterocycles. The Hall–Kier alpha value is -1.81. The lowest BCUT2D eigenvalue weighted by molar-refractivity contribution is -0.124. The zero-order valence-electron chi connectivity index (χ0n) is 15.9. The van der Waals surface area contributed by atoms with Gasteiger partial charge < -0.3 is 9.84 Å². The Kier molecular flexibility index (Phi) is 4.91. The zero-order valence-corrected chi connectivity index (χ0v) is 16.7.